The van der Waals surface area contributed by atoms with Crippen LogP contribution in [0.2, 0.25) is 0 Å². The van der Waals surface area contributed by atoms with Crippen LogP contribution in [-0.4, -0.2) is 49.1 Å². The first-order valence-electron chi connectivity index (χ1n) is 46.9. The van der Waals surface area contributed by atoms with Gasteiger partial charge >= 0.3 is 0 Å². The largest absolute Gasteiger partial charge is 0.308 e. The van der Waals surface area contributed by atoms with Crippen molar-refractivity contribution in [1.82, 2.24) is 13.7 Å². The van der Waals surface area contributed by atoms with Gasteiger partial charge in [-0.2, -0.15) is 15.8 Å². The molecule has 0 atom stereocenters. The summed E-state index contributed by atoms with van der Waals surface area (Å²) in [4.78, 5) is 108. The molecule has 0 N–H and O–H groups in total. The van der Waals surface area contributed by atoms with Gasteiger partial charge in [0, 0.05) is 49.0 Å². The second-order valence-corrected chi connectivity index (χ2v) is 35.4. The van der Waals surface area contributed by atoms with E-state index in [2.05, 4.69) is 42.4 Å². The summed E-state index contributed by atoms with van der Waals surface area (Å²) in [7, 11) is 0. The molecule has 3 aromatic heterocycles. The maximum atomic E-state index is 14.8. The van der Waals surface area contributed by atoms with Gasteiger partial charge in [-0.05, 0) is 176 Å². The number of hydrogen-bond donors (Lipinski definition) is 0. The number of anilines is 3. The molecule has 6 heterocycles. The van der Waals surface area contributed by atoms with E-state index in [1.54, 1.807) is 109 Å². The number of hydrogen-bond acceptors (Lipinski definition) is 9. The van der Waals surface area contributed by atoms with E-state index in [1.807, 2.05) is 317 Å². The van der Waals surface area contributed by atoms with E-state index in [0.717, 1.165) is 98.9 Å². The summed E-state index contributed by atoms with van der Waals surface area (Å²) in [5.41, 5.74) is 23.5. The molecule has 3 aliphatic heterocycles. The zero-order chi connectivity index (χ0) is 101. The van der Waals surface area contributed by atoms with E-state index in [9.17, 15) is 44.6 Å². The maximum Gasteiger partial charge on any atom is 0.268 e. The van der Waals surface area contributed by atoms with Crippen molar-refractivity contribution in [3.05, 3.63) is 520 Å². The molecule has 148 heavy (non-hydrogen) atoms. The second kappa shape index (κ2) is 36.9. The molecule has 0 aliphatic carbocycles. The summed E-state index contributed by atoms with van der Waals surface area (Å²) in [6.07, 6.45) is 0. The normalized spacial score (nSPS) is 12.2. The quantitative estimate of drug-likeness (QED) is 0.0790. The van der Waals surface area contributed by atoms with Crippen LogP contribution in [0, 0.1) is 66.9 Å². The number of aromatic nitrogens is 3. The van der Waals surface area contributed by atoms with Crippen LogP contribution >= 0.6 is 0 Å². The topological polar surface area (TPSA) is 220 Å². The lowest BCUT2D eigenvalue weighted by Gasteiger charge is -2.18. The number of imide groups is 3. The fraction of sp³-hybridized carbons (Fsp3) is 0. The van der Waals surface area contributed by atoms with Crippen molar-refractivity contribution in [2.45, 2.75) is 0 Å². The van der Waals surface area contributed by atoms with Gasteiger partial charge in [0.1, 0.15) is 0 Å². The average molecular weight is 1900 g/mol. The number of amides is 6. The van der Waals surface area contributed by atoms with Crippen LogP contribution in [0.25, 0.3) is 185 Å². The highest BCUT2D eigenvalue weighted by Gasteiger charge is 2.44. The third-order valence-corrected chi connectivity index (χ3v) is 27.4. The summed E-state index contributed by atoms with van der Waals surface area (Å²) < 4.78 is 6.02. The number of benzene rings is 19. The smallest absolute Gasteiger partial charge is 0.268 e. The molecule has 0 fully saturated rings. The lowest BCUT2D eigenvalue weighted by Crippen LogP contribution is -2.29. The van der Waals surface area contributed by atoms with Gasteiger partial charge in [-0.1, -0.05) is 303 Å². The summed E-state index contributed by atoms with van der Waals surface area (Å²) in [6, 6.07) is 134. The van der Waals surface area contributed by atoms with Gasteiger partial charge in [0.2, 0.25) is 0 Å². The minimum Gasteiger partial charge on any atom is -0.308 e. The molecule has 686 valence electrons. The molecule has 0 spiro atoms. The molecule has 0 saturated heterocycles. The van der Waals surface area contributed by atoms with Crippen LogP contribution in [0.1, 0.15) is 78.8 Å². The van der Waals surface area contributed by atoms with E-state index >= 15 is 0 Å². The van der Waals surface area contributed by atoms with Crippen molar-refractivity contribution >= 4 is 146 Å². The molecule has 3 aliphatic rings. The highest BCUT2D eigenvalue weighted by Crippen LogP contribution is 2.51. The Kier molecular flexibility index (Phi) is 22.4. The molecule has 25 rings (SSSR count). The number of rotatable bonds is 13. The monoisotopic (exact) mass is 1900 g/mol. The molecular formula is C128H68N14O6. The Balaban J connectivity index is 0.000000123. The summed E-state index contributed by atoms with van der Waals surface area (Å²) >= 11 is 0. The van der Waals surface area contributed by atoms with E-state index < -0.39 is 17.7 Å². The van der Waals surface area contributed by atoms with Gasteiger partial charge in [-0.25, -0.2) is 38.9 Å². The van der Waals surface area contributed by atoms with Crippen molar-refractivity contribution < 1.29 is 28.8 Å². The highest BCUT2D eigenvalue weighted by molar-refractivity contribution is 6.38. The summed E-state index contributed by atoms with van der Waals surface area (Å²) in [5.74, 6) is -2.47. The van der Waals surface area contributed by atoms with Gasteiger partial charge in [0.05, 0.1) is 163 Å². The van der Waals surface area contributed by atoms with Gasteiger partial charge in [0.15, 0.2) is 28.4 Å². The highest BCUT2D eigenvalue weighted by atomic mass is 16.2. The van der Waals surface area contributed by atoms with Crippen molar-refractivity contribution in [1.29, 1.82) is 15.8 Å². The Hall–Kier alpha value is -22.1. The van der Waals surface area contributed by atoms with Crippen molar-refractivity contribution in [2.24, 2.45) is 0 Å². The minimum atomic E-state index is -0.491. The number of fused-ring (bicyclic) bond motifs is 12. The average Bonchev–Trinajstić information content (AvgIpc) is 1.56. The Bertz CT molecular complexity index is 9840. The summed E-state index contributed by atoms with van der Waals surface area (Å²) in [5, 5.41) is 35.3. The van der Waals surface area contributed by atoms with Gasteiger partial charge in [-0.15, -0.1) is 0 Å². The first-order chi connectivity index (χ1) is 72.6. The molecule has 0 saturated carbocycles. The molecule has 0 radical (unpaired) electrons. The number of carbonyl (C=O) groups excluding carboxylic acids is 6. The SMILES string of the molecule is [C-]#[N+]c1ccc(-c2ccc3c4ccccc4n(-c4cccc5c4C(=O)N(c4cccc(-c6ccccc6)c4)C5=O)c3c2)c(C#N)c1.[C-]#[N+]c1ccc(-c2cccc3c4cccc(-c5ccc(C#N)cc5C#N)c4n(-c4cccc5c4C(=O)N(c4cccc(-c6ccccc6)c4)C5=O)c23)c([N+]#[C-])c1.[C-]#[N+]c1ccc(-c2cccc3c4ccccc4n(-c4cccc5c4C(=O)N(c4cccc(-c6ccccc6)c4)C5=O)c23)c([N+]#[C-])c1. The van der Waals surface area contributed by atoms with Gasteiger partial charge < -0.3 is 13.7 Å². The second-order valence-electron chi connectivity index (χ2n) is 35.4. The molecular weight excluding hydrogens is 1830 g/mol. The van der Waals surface area contributed by atoms with Gasteiger partial charge in [0.25, 0.3) is 35.4 Å². The number of nitriles is 3. The Labute approximate surface area is 846 Å². The standard InChI is InChI=1S/C48H24N6O2.2C40H22N4O2/c1-51-33-21-23-36(42(26-33)52-2)38-15-8-17-40-39-16-7-14-37(35-22-20-29(27-49)24-32(35)28-50)45(39)54(46(38)40)43-19-9-18-41-44(43)48(56)53(47(41)55)34-13-6-12-31(25-34)30-10-4-3-5-11-30;1-41-27-21-22-29(34(24-27)42-2)31-16-9-17-32-30-15-6-7-19-35(30)44(38(31)32)36-20-10-18-33-37(36)40(46)43(39(33)45)28-14-8-13-26(23-28)25-11-4-3-5-12-25;1-42-29-18-20-31(28(21-29)24-41)27-17-19-33-32-13-5-6-15-35(32)44(37(33)23-27)36-16-8-14-34-38(36)40(46)43(39(34)45)30-12-7-11-26(22-30)25-9-3-2-4-10-25/h3-26H;3-24H;2-23H. The van der Waals surface area contributed by atoms with Crippen LogP contribution < -0.4 is 14.7 Å². The summed E-state index contributed by atoms with van der Waals surface area (Å²) in [6.45, 7) is 38.3. The zero-order valence-corrected chi connectivity index (χ0v) is 78.0. The van der Waals surface area contributed by atoms with Crippen LogP contribution in [0.5, 0.6) is 0 Å². The van der Waals surface area contributed by atoms with Crippen molar-refractivity contribution in [2.75, 3.05) is 14.7 Å². The third kappa shape index (κ3) is 14.9. The zero-order valence-electron chi connectivity index (χ0n) is 78.0. The predicted molar refractivity (Wildman–Crippen MR) is 579 cm³/mol. The molecule has 6 amide bonds. The van der Waals surface area contributed by atoms with E-state index in [4.69, 9.17) is 32.9 Å². The van der Waals surface area contributed by atoms with E-state index in [1.165, 1.54) is 14.7 Å². The minimum absolute atomic E-state index is 0.208. The Morgan fingerprint density at radius 2 is 0.541 bits per heavy atom. The first kappa shape index (κ1) is 89.8. The van der Waals surface area contributed by atoms with Crippen LogP contribution in [0.4, 0.5) is 45.5 Å². The molecule has 0 unspecified atom stereocenters. The predicted octanol–water partition coefficient (Wildman–Crippen LogP) is 30.8. The fourth-order valence-corrected chi connectivity index (χ4v) is 20.8. The third-order valence-electron chi connectivity index (χ3n) is 27.4. The fourth-order valence-electron chi connectivity index (χ4n) is 20.8. The van der Waals surface area contributed by atoms with Crippen LogP contribution in [0.3, 0.4) is 0 Å². The lowest BCUT2D eigenvalue weighted by atomic mass is 9.96. The van der Waals surface area contributed by atoms with Gasteiger partial charge in [-0.3, -0.25) is 28.8 Å². The van der Waals surface area contributed by atoms with Crippen LogP contribution in [0.15, 0.2) is 413 Å². The number of carbonyl (C=O) groups is 6. The first-order valence-corrected chi connectivity index (χ1v) is 46.9. The Morgan fingerprint density at radius 3 is 0.973 bits per heavy atom. The lowest BCUT2D eigenvalue weighted by molar-refractivity contribution is 0.0910. The maximum absolute atomic E-state index is 14.8. The molecule has 20 nitrogen and oxygen atoms in total. The molecule has 22 aromatic rings. The molecule has 20 heteroatoms. The van der Waals surface area contributed by atoms with E-state index in [-0.39, 0.29) is 34.5 Å². The Morgan fingerprint density at radius 1 is 0.209 bits per heavy atom. The van der Waals surface area contributed by atoms with Crippen LogP contribution in [-0.2, 0) is 0 Å². The molecule has 0 bridgehead atoms. The van der Waals surface area contributed by atoms with Crippen molar-refractivity contribution in [3.8, 4) is 113 Å². The number of nitrogens with zero attached hydrogens (tertiary/aromatic N) is 14. The van der Waals surface area contributed by atoms with Crippen molar-refractivity contribution in [3.63, 3.8) is 0 Å². The van der Waals surface area contributed by atoms with E-state index in [0.29, 0.717) is 140 Å². The molecule has 19 aromatic carbocycles. The number of para-hydroxylation sites is 5.